The molecule has 1 aromatic carbocycles. The maximum Gasteiger partial charge on any atom is 0.310 e. The molecule has 1 heterocycles. The van der Waals surface area contributed by atoms with Crippen LogP contribution in [0.15, 0.2) is 36.5 Å². The number of benzene rings is 1. The Bertz CT molecular complexity index is 740. The highest BCUT2D eigenvalue weighted by Crippen LogP contribution is 2.22. The maximum atomic E-state index is 13.0. The van der Waals surface area contributed by atoms with E-state index in [9.17, 15) is 14.0 Å². The van der Waals surface area contributed by atoms with Gasteiger partial charge in [0.25, 0.3) is 5.91 Å². The molecule has 0 aliphatic heterocycles. The molecule has 8 heteroatoms. The Kier molecular flexibility index (Phi) is 5.90. The maximum absolute atomic E-state index is 13.0. The van der Waals surface area contributed by atoms with Crippen LogP contribution in [0.25, 0.3) is 0 Å². The van der Waals surface area contributed by atoms with Crippen molar-refractivity contribution < 1.29 is 18.7 Å². The summed E-state index contributed by atoms with van der Waals surface area (Å²) in [6, 6.07) is 6.98. The van der Waals surface area contributed by atoms with Gasteiger partial charge in [0.05, 0.1) is 16.5 Å². The second-order valence-corrected chi connectivity index (χ2v) is 5.34. The van der Waals surface area contributed by atoms with E-state index in [1.807, 2.05) is 0 Å². The molecular formula is C15H11Cl2FN2O3. The van der Waals surface area contributed by atoms with Gasteiger partial charge in [0.15, 0.2) is 12.4 Å². The van der Waals surface area contributed by atoms with Crippen LogP contribution in [0.2, 0.25) is 10.0 Å². The third-order valence-corrected chi connectivity index (χ3v) is 3.16. The van der Waals surface area contributed by atoms with E-state index in [0.717, 1.165) is 0 Å². The summed E-state index contributed by atoms with van der Waals surface area (Å²) in [7, 11) is 0. The molecule has 0 saturated carbocycles. The molecule has 1 N–H and O–H groups in total. The van der Waals surface area contributed by atoms with E-state index < -0.39 is 24.3 Å². The van der Waals surface area contributed by atoms with Gasteiger partial charge in [-0.05, 0) is 23.8 Å². The van der Waals surface area contributed by atoms with Gasteiger partial charge in [-0.2, -0.15) is 0 Å². The number of aromatic nitrogens is 1. The Labute approximate surface area is 141 Å². The molecule has 0 atom stereocenters. The molecule has 1 aromatic heterocycles. The van der Waals surface area contributed by atoms with Crippen molar-refractivity contribution in [3.05, 3.63) is 58.0 Å². The SMILES string of the molecule is O=C(COC(=O)Cc1cccc(F)c1)Nc1ncc(Cl)cc1Cl. The first kappa shape index (κ1) is 17.2. The molecule has 1 amide bonds. The van der Waals surface area contributed by atoms with Crippen LogP contribution in [0.4, 0.5) is 10.2 Å². The summed E-state index contributed by atoms with van der Waals surface area (Å²) in [5.74, 6) is -1.59. The Morgan fingerprint density at radius 2 is 2.04 bits per heavy atom. The predicted molar refractivity (Wildman–Crippen MR) is 83.9 cm³/mol. The summed E-state index contributed by atoms with van der Waals surface area (Å²) in [5, 5.41) is 2.88. The lowest BCUT2D eigenvalue weighted by molar-refractivity contribution is -0.146. The Hall–Kier alpha value is -2.18. The van der Waals surface area contributed by atoms with E-state index in [-0.39, 0.29) is 17.3 Å². The van der Waals surface area contributed by atoms with Gasteiger partial charge in [0.1, 0.15) is 5.82 Å². The monoisotopic (exact) mass is 356 g/mol. The minimum Gasteiger partial charge on any atom is -0.455 e. The van der Waals surface area contributed by atoms with Gasteiger partial charge in [-0.3, -0.25) is 9.59 Å². The fourth-order valence-corrected chi connectivity index (χ4v) is 2.11. The van der Waals surface area contributed by atoms with E-state index in [1.54, 1.807) is 6.07 Å². The Morgan fingerprint density at radius 1 is 1.26 bits per heavy atom. The molecule has 0 unspecified atom stereocenters. The van der Waals surface area contributed by atoms with Crippen LogP contribution in [0.1, 0.15) is 5.56 Å². The molecule has 0 bridgehead atoms. The van der Waals surface area contributed by atoms with Crippen LogP contribution in [-0.4, -0.2) is 23.5 Å². The number of esters is 1. The van der Waals surface area contributed by atoms with Crippen LogP contribution >= 0.6 is 23.2 Å². The number of ether oxygens (including phenoxy) is 1. The molecule has 2 aromatic rings. The molecule has 23 heavy (non-hydrogen) atoms. The van der Waals surface area contributed by atoms with Gasteiger partial charge in [0.2, 0.25) is 0 Å². The summed E-state index contributed by atoms with van der Waals surface area (Å²) in [6.45, 7) is -0.505. The van der Waals surface area contributed by atoms with Crippen LogP contribution < -0.4 is 5.32 Å². The molecule has 0 fully saturated rings. The third kappa shape index (κ3) is 5.50. The second-order valence-electron chi connectivity index (χ2n) is 4.50. The number of rotatable bonds is 5. The topological polar surface area (TPSA) is 68.3 Å². The summed E-state index contributed by atoms with van der Waals surface area (Å²) in [4.78, 5) is 27.1. The largest absolute Gasteiger partial charge is 0.455 e. The fourth-order valence-electron chi connectivity index (χ4n) is 1.69. The van der Waals surface area contributed by atoms with Crippen molar-refractivity contribution in [1.29, 1.82) is 0 Å². The molecule has 0 radical (unpaired) electrons. The Balaban J connectivity index is 1.83. The van der Waals surface area contributed by atoms with E-state index in [4.69, 9.17) is 27.9 Å². The number of hydrogen-bond donors (Lipinski definition) is 1. The zero-order valence-electron chi connectivity index (χ0n) is 11.7. The average molecular weight is 357 g/mol. The van der Waals surface area contributed by atoms with Crippen LogP contribution in [-0.2, 0) is 20.7 Å². The zero-order chi connectivity index (χ0) is 16.8. The van der Waals surface area contributed by atoms with Gasteiger partial charge in [-0.15, -0.1) is 0 Å². The van der Waals surface area contributed by atoms with Crippen molar-refractivity contribution in [1.82, 2.24) is 4.98 Å². The van der Waals surface area contributed by atoms with Crippen molar-refractivity contribution >= 4 is 40.9 Å². The Morgan fingerprint density at radius 3 is 2.74 bits per heavy atom. The number of hydrogen-bond acceptors (Lipinski definition) is 4. The van der Waals surface area contributed by atoms with Gasteiger partial charge >= 0.3 is 5.97 Å². The minimum atomic E-state index is -0.652. The number of nitrogens with zero attached hydrogens (tertiary/aromatic N) is 1. The lowest BCUT2D eigenvalue weighted by Crippen LogP contribution is -2.22. The molecule has 0 saturated heterocycles. The number of carbonyl (C=O) groups excluding carboxylic acids is 2. The number of nitrogens with one attached hydrogen (secondary N) is 1. The lowest BCUT2D eigenvalue weighted by atomic mass is 10.1. The molecule has 0 aliphatic carbocycles. The van der Waals surface area contributed by atoms with Crippen LogP contribution in [0.5, 0.6) is 0 Å². The number of amides is 1. The first-order valence-electron chi connectivity index (χ1n) is 6.45. The minimum absolute atomic E-state index is 0.113. The van der Waals surface area contributed by atoms with Crippen LogP contribution in [0, 0.1) is 5.82 Å². The quantitative estimate of drug-likeness (QED) is 0.835. The van der Waals surface area contributed by atoms with Crippen LogP contribution in [0.3, 0.4) is 0 Å². The standard InChI is InChI=1S/C15H11Cl2FN2O3/c16-10-6-12(17)15(19-7-10)20-13(21)8-23-14(22)5-9-2-1-3-11(18)4-9/h1-4,6-7H,5,8H2,(H,19,20,21). The van der Waals surface area contributed by atoms with Crippen molar-refractivity contribution in [2.24, 2.45) is 0 Å². The van der Waals surface area contributed by atoms with E-state index in [2.05, 4.69) is 10.3 Å². The second kappa shape index (κ2) is 7.89. The average Bonchev–Trinajstić information content (AvgIpc) is 2.48. The molecule has 5 nitrogen and oxygen atoms in total. The van der Waals surface area contributed by atoms with E-state index in [0.29, 0.717) is 10.6 Å². The summed E-state index contributed by atoms with van der Waals surface area (Å²) < 4.78 is 17.8. The first-order chi connectivity index (χ1) is 10.9. The summed E-state index contributed by atoms with van der Waals surface area (Å²) in [6.07, 6.45) is 1.18. The first-order valence-corrected chi connectivity index (χ1v) is 7.20. The zero-order valence-corrected chi connectivity index (χ0v) is 13.2. The van der Waals surface area contributed by atoms with Gasteiger partial charge in [-0.1, -0.05) is 35.3 Å². The highest BCUT2D eigenvalue weighted by Gasteiger charge is 2.11. The van der Waals surface area contributed by atoms with Crippen molar-refractivity contribution in [3.8, 4) is 0 Å². The third-order valence-electron chi connectivity index (χ3n) is 2.67. The predicted octanol–water partition coefficient (Wildman–Crippen LogP) is 3.25. The highest BCUT2D eigenvalue weighted by molar-refractivity contribution is 6.36. The van der Waals surface area contributed by atoms with Crippen molar-refractivity contribution in [3.63, 3.8) is 0 Å². The van der Waals surface area contributed by atoms with Crippen molar-refractivity contribution in [2.75, 3.05) is 11.9 Å². The van der Waals surface area contributed by atoms with Gasteiger partial charge in [0, 0.05) is 6.20 Å². The fraction of sp³-hybridized carbons (Fsp3) is 0.133. The molecular weight excluding hydrogens is 346 g/mol. The summed E-state index contributed by atoms with van der Waals surface area (Å²) >= 11 is 11.5. The lowest BCUT2D eigenvalue weighted by Gasteiger charge is -2.07. The number of carbonyl (C=O) groups is 2. The normalized spacial score (nSPS) is 10.2. The van der Waals surface area contributed by atoms with Crippen molar-refractivity contribution in [2.45, 2.75) is 6.42 Å². The molecule has 2 rings (SSSR count). The number of halogens is 3. The van der Waals surface area contributed by atoms with Gasteiger partial charge in [-0.25, -0.2) is 9.37 Å². The van der Waals surface area contributed by atoms with E-state index >= 15 is 0 Å². The smallest absolute Gasteiger partial charge is 0.310 e. The van der Waals surface area contributed by atoms with E-state index in [1.165, 1.54) is 30.5 Å². The molecule has 120 valence electrons. The molecule has 0 spiro atoms. The molecule has 0 aliphatic rings. The highest BCUT2D eigenvalue weighted by atomic mass is 35.5. The van der Waals surface area contributed by atoms with Gasteiger partial charge < -0.3 is 10.1 Å². The number of anilines is 1. The number of pyridine rings is 1. The summed E-state index contributed by atoms with van der Waals surface area (Å²) in [5.41, 5.74) is 0.456.